The maximum absolute atomic E-state index is 5.97. The summed E-state index contributed by atoms with van der Waals surface area (Å²) in [5.74, 6) is 1.90. The predicted octanol–water partition coefficient (Wildman–Crippen LogP) is 5.40. The first-order valence-electron chi connectivity index (χ1n) is 7.21. The zero-order chi connectivity index (χ0) is 16.1. The number of benzene rings is 3. The number of hydrogen-bond acceptors (Lipinski definition) is 3. The first kappa shape index (κ1) is 15.4. The summed E-state index contributed by atoms with van der Waals surface area (Å²) >= 11 is 3.42. The van der Waals surface area contributed by atoms with Crippen molar-refractivity contribution in [1.82, 2.24) is 0 Å². The minimum absolute atomic E-state index is 0.481. The monoisotopic (exact) mass is 369 g/mol. The third kappa shape index (κ3) is 4.05. The molecule has 0 fully saturated rings. The molecule has 2 N–H and O–H groups in total. The second-order valence-corrected chi connectivity index (χ2v) is 5.92. The molecule has 0 saturated heterocycles. The molecule has 23 heavy (non-hydrogen) atoms. The van der Waals surface area contributed by atoms with Crippen LogP contribution in [-0.4, -0.2) is 0 Å². The highest BCUT2D eigenvalue weighted by Gasteiger charge is 2.08. The van der Waals surface area contributed by atoms with Crippen LogP contribution in [0.3, 0.4) is 0 Å². The van der Waals surface area contributed by atoms with E-state index >= 15 is 0 Å². The Hall–Kier alpha value is -2.46. The van der Waals surface area contributed by atoms with Crippen LogP contribution >= 0.6 is 15.9 Å². The summed E-state index contributed by atoms with van der Waals surface area (Å²) in [7, 11) is 0. The molecule has 0 heterocycles. The standard InChI is InChI=1S/C19H16BrNO2/c20-15-10-11-16(21)19(12-15)23-18-9-5-4-8-17(18)22-13-14-6-2-1-3-7-14/h1-12H,13,21H2. The van der Waals surface area contributed by atoms with Gasteiger partial charge in [0.1, 0.15) is 6.61 Å². The lowest BCUT2D eigenvalue weighted by Gasteiger charge is -2.14. The molecule has 3 aromatic rings. The van der Waals surface area contributed by atoms with Gasteiger partial charge in [-0.15, -0.1) is 0 Å². The molecule has 3 aromatic carbocycles. The molecule has 0 unspecified atom stereocenters. The number of nitrogens with two attached hydrogens (primary N) is 1. The highest BCUT2D eigenvalue weighted by atomic mass is 79.9. The smallest absolute Gasteiger partial charge is 0.169 e. The van der Waals surface area contributed by atoms with Crippen molar-refractivity contribution in [1.29, 1.82) is 0 Å². The minimum atomic E-state index is 0.481. The number of halogens is 1. The molecule has 0 spiro atoms. The first-order valence-corrected chi connectivity index (χ1v) is 8.00. The molecule has 0 atom stereocenters. The third-order valence-electron chi connectivity index (χ3n) is 3.28. The highest BCUT2D eigenvalue weighted by Crippen LogP contribution is 2.35. The molecule has 4 heteroatoms. The van der Waals surface area contributed by atoms with E-state index in [2.05, 4.69) is 15.9 Å². The van der Waals surface area contributed by atoms with Gasteiger partial charge < -0.3 is 15.2 Å². The normalized spacial score (nSPS) is 10.3. The van der Waals surface area contributed by atoms with E-state index < -0.39 is 0 Å². The summed E-state index contributed by atoms with van der Waals surface area (Å²) < 4.78 is 12.7. The molecule has 3 rings (SSSR count). The average molecular weight is 370 g/mol. The molecule has 0 aromatic heterocycles. The summed E-state index contributed by atoms with van der Waals surface area (Å²) in [6.45, 7) is 0.481. The molecule has 0 radical (unpaired) electrons. The van der Waals surface area contributed by atoms with Crippen molar-refractivity contribution in [2.45, 2.75) is 6.61 Å². The van der Waals surface area contributed by atoms with Crippen LogP contribution in [0.25, 0.3) is 0 Å². The van der Waals surface area contributed by atoms with E-state index in [9.17, 15) is 0 Å². The fraction of sp³-hybridized carbons (Fsp3) is 0.0526. The van der Waals surface area contributed by atoms with Crippen molar-refractivity contribution in [3.8, 4) is 17.2 Å². The lowest BCUT2D eigenvalue weighted by molar-refractivity contribution is 0.291. The molecule has 0 aliphatic carbocycles. The van der Waals surface area contributed by atoms with Gasteiger partial charge in [-0.2, -0.15) is 0 Å². The maximum Gasteiger partial charge on any atom is 0.169 e. The highest BCUT2D eigenvalue weighted by molar-refractivity contribution is 9.10. The van der Waals surface area contributed by atoms with E-state index in [-0.39, 0.29) is 0 Å². The van der Waals surface area contributed by atoms with Crippen LogP contribution in [0.15, 0.2) is 77.3 Å². The van der Waals surface area contributed by atoms with Crippen LogP contribution in [-0.2, 0) is 6.61 Å². The Morgan fingerprint density at radius 1 is 0.783 bits per heavy atom. The van der Waals surface area contributed by atoms with E-state index in [0.29, 0.717) is 29.5 Å². The van der Waals surface area contributed by atoms with Crippen LogP contribution < -0.4 is 15.2 Å². The van der Waals surface area contributed by atoms with Crippen LogP contribution in [0.4, 0.5) is 5.69 Å². The largest absolute Gasteiger partial charge is 0.485 e. The SMILES string of the molecule is Nc1ccc(Br)cc1Oc1ccccc1OCc1ccccc1. The molecule has 0 aliphatic heterocycles. The summed E-state index contributed by atoms with van der Waals surface area (Å²) in [5.41, 5.74) is 7.64. The number of nitrogen functional groups attached to an aromatic ring is 1. The second kappa shape index (κ2) is 7.20. The predicted molar refractivity (Wildman–Crippen MR) is 95.8 cm³/mol. The quantitative estimate of drug-likeness (QED) is 0.612. The summed E-state index contributed by atoms with van der Waals surface area (Å²) in [4.78, 5) is 0. The number of rotatable bonds is 5. The average Bonchev–Trinajstić information content (AvgIpc) is 2.58. The molecule has 0 saturated carbocycles. The lowest BCUT2D eigenvalue weighted by Crippen LogP contribution is -1.98. The van der Waals surface area contributed by atoms with Crippen molar-refractivity contribution >= 4 is 21.6 Å². The van der Waals surface area contributed by atoms with Crippen LogP contribution in [0, 0.1) is 0 Å². The third-order valence-corrected chi connectivity index (χ3v) is 3.78. The van der Waals surface area contributed by atoms with Crippen molar-refractivity contribution in [2.75, 3.05) is 5.73 Å². The number of ether oxygens (including phenoxy) is 2. The van der Waals surface area contributed by atoms with E-state index in [4.69, 9.17) is 15.2 Å². The van der Waals surface area contributed by atoms with Gasteiger partial charge in [-0.25, -0.2) is 0 Å². The Morgan fingerprint density at radius 2 is 1.48 bits per heavy atom. The molecular formula is C19H16BrNO2. The van der Waals surface area contributed by atoms with Gasteiger partial charge in [-0.05, 0) is 35.9 Å². The molecule has 0 bridgehead atoms. The molecule has 116 valence electrons. The summed E-state index contributed by atoms with van der Waals surface area (Å²) in [6.07, 6.45) is 0. The number of hydrogen-bond donors (Lipinski definition) is 1. The van der Waals surface area contributed by atoms with Gasteiger partial charge in [0, 0.05) is 4.47 Å². The van der Waals surface area contributed by atoms with E-state index in [0.717, 1.165) is 10.0 Å². The van der Waals surface area contributed by atoms with Gasteiger partial charge in [0.05, 0.1) is 5.69 Å². The Morgan fingerprint density at radius 3 is 2.26 bits per heavy atom. The maximum atomic E-state index is 5.97. The molecule has 0 amide bonds. The van der Waals surface area contributed by atoms with Crippen molar-refractivity contribution in [3.05, 3.63) is 82.8 Å². The lowest BCUT2D eigenvalue weighted by atomic mass is 10.2. The summed E-state index contributed by atoms with van der Waals surface area (Å²) in [5, 5.41) is 0. The Labute approximate surface area is 143 Å². The first-order chi connectivity index (χ1) is 11.2. The van der Waals surface area contributed by atoms with Gasteiger partial charge in [0.25, 0.3) is 0 Å². The fourth-order valence-corrected chi connectivity index (χ4v) is 2.44. The van der Waals surface area contributed by atoms with Gasteiger partial charge in [0.2, 0.25) is 0 Å². The second-order valence-electron chi connectivity index (χ2n) is 5.01. The number of anilines is 1. The van der Waals surface area contributed by atoms with Crippen LogP contribution in [0.2, 0.25) is 0 Å². The zero-order valence-electron chi connectivity index (χ0n) is 12.4. The van der Waals surface area contributed by atoms with Gasteiger partial charge >= 0.3 is 0 Å². The van der Waals surface area contributed by atoms with E-state index in [1.807, 2.05) is 66.7 Å². The van der Waals surface area contributed by atoms with E-state index in [1.54, 1.807) is 6.07 Å². The van der Waals surface area contributed by atoms with E-state index in [1.165, 1.54) is 0 Å². The van der Waals surface area contributed by atoms with Gasteiger partial charge in [-0.3, -0.25) is 0 Å². The van der Waals surface area contributed by atoms with Gasteiger partial charge in [0.15, 0.2) is 17.2 Å². The zero-order valence-corrected chi connectivity index (χ0v) is 14.0. The van der Waals surface area contributed by atoms with Crippen LogP contribution in [0.1, 0.15) is 5.56 Å². The Bertz CT molecular complexity index is 790. The number of para-hydroxylation sites is 2. The topological polar surface area (TPSA) is 44.5 Å². The molecule has 3 nitrogen and oxygen atoms in total. The van der Waals surface area contributed by atoms with Crippen molar-refractivity contribution in [2.24, 2.45) is 0 Å². The van der Waals surface area contributed by atoms with Crippen molar-refractivity contribution in [3.63, 3.8) is 0 Å². The van der Waals surface area contributed by atoms with Crippen molar-refractivity contribution < 1.29 is 9.47 Å². The molecule has 0 aliphatic rings. The Balaban J connectivity index is 1.79. The van der Waals surface area contributed by atoms with Crippen LogP contribution in [0.5, 0.6) is 17.2 Å². The Kier molecular flexibility index (Phi) is 4.83. The summed E-state index contributed by atoms with van der Waals surface area (Å²) in [6, 6.07) is 23.1. The molecular weight excluding hydrogens is 354 g/mol. The van der Waals surface area contributed by atoms with Gasteiger partial charge in [-0.1, -0.05) is 58.4 Å². The minimum Gasteiger partial charge on any atom is -0.485 e. The fourth-order valence-electron chi connectivity index (χ4n) is 2.10.